The van der Waals surface area contributed by atoms with Crippen LogP contribution in [0, 0.1) is 27.7 Å². The summed E-state index contributed by atoms with van der Waals surface area (Å²) in [7, 11) is 0. The highest BCUT2D eigenvalue weighted by atomic mass is 16.3. The zero-order chi connectivity index (χ0) is 17.3. The van der Waals surface area contributed by atoms with E-state index in [1.807, 2.05) is 18.5 Å². The lowest BCUT2D eigenvalue weighted by Crippen LogP contribution is -2.19. The van der Waals surface area contributed by atoms with Crippen molar-refractivity contribution in [1.82, 2.24) is 20.3 Å². The van der Waals surface area contributed by atoms with Crippen molar-refractivity contribution in [1.29, 1.82) is 0 Å². The largest absolute Gasteiger partial charge is 0.466 e. The molecule has 1 unspecified atom stereocenters. The molecule has 0 fully saturated rings. The Hall–Kier alpha value is -2.40. The topological polar surface area (TPSA) is 55.9 Å². The molecule has 0 aliphatic rings. The molecule has 2 heterocycles. The van der Waals surface area contributed by atoms with E-state index in [1.54, 1.807) is 0 Å². The molecule has 0 aliphatic carbocycles. The smallest absolute Gasteiger partial charge is 0.105 e. The molecule has 0 aliphatic heterocycles. The molecule has 2 aromatic heterocycles. The maximum absolute atomic E-state index is 5.58. The number of benzene rings is 1. The van der Waals surface area contributed by atoms with Gasteiger partial charge in [0.25, 0.3) is 0 Å². The van der Waals surface area contributed by atoms with Gasteiger partial charge in [-0.1, -0.05) is 22.9 Å². The van der Waals surface area contributed by atoms with Gasteiger partial charge in [-0.3, -0.25) is 0 Å². The van der Waals surface area contributed by atoms with Crippen molar-refractivity contribution in [2.24, 2.45) is 0 Å². The molecule has 1 aromatic carbocycles. The fraction of sp³-hybridized carbons (Fsp3) is 0.368. The lowest BCUT2D eigenvalue weighted by molar-refractivity contribution is 0.494. The normalized spacial score (nSPS) is 12.5. The van der Waals surface area contributed by atoms with E-state index in [4.69, 9.17) is 4.42 Å². The first kappa shape index (κ1) is 16.5. The van der Waals surface area contributed by atoms with Gasteiger partial charge in [0.1, 0.15) is 17.2 Å². The molecule has 0 spiro atoms. The number of aromatic nitrogens is 3. The molecule has 0 bridgehead atoms. The molecule has 5 nitrogen and oxygen atoms in total. The molecule has 1 N–H and O–H groups in total. The molecule has 3 rings (SSSR count). The van der Waals surface area contributed by atoms with Crippen LogP contribution in [0.3, 0.4) is 0 Å². The molecule has 3 aromatic rings. The van der Waals surface area contributed by atoms with Crippen LogP contribution in [-0.4, -0.2) is 15.0 Å². The Kier molecular flexibility index (Phi) is 4.53. The molecule has 126 valence electrons. The molecule has 5 heteroatoms. The van der Waals surface area contributed by atoms with Crippen molar-refractivity contribution in [3.63, 3.8) is 0 Å². The van der Waals surface area contributed by atoms with Gasteiger partial charge in [0.2, 0.25) is 0 Å². The third kappa shape index (κ3) is 3.26. The Labute approximate surface area is 142 Å². The van der Waals surface area contributed by atoms with Crippen molar-refractivity contribution < 1.29 is 4.42 Å². The predicted octanol–water partition coefficient (Wildman–Crippen LogP) is 3.94. The number of rotatable bonds is 5. The first-order valence-corrected chi connectivity index (χ1v) is 8.24. The monoisotopic (exact) mass is 324 g/mol. The van der Waals surface area contributed by atoms with Gasteiger partial charge < -0.3 is 9.73 Å². The summed E-state index contributed by atoms with van der Waals surface area (Å²) in [6, 6.07) is 10.5. The van der Waals surface area contributed by atoms with Crippen LogP contribution in [0.25, 0.3) is 5.69 Å². The standard InChI is InChI=1S/C19H24N4O/c1-12-6-8-18(9-7-12)23-15(4)19(21-22-23)14(3)20-11-17-10-13(2)24-16(17)5/h6-10,14,20H,11H2,1-5H3. The van der Waals surface area contributed by atoms with Crippen molar-refractivity contribution in [3.05, 3.63) is 64.4 Å². The van der Waals surface area contributed by atoms with E-state index in [1.165, 1.54) is 11.1 Å². The Morgan fingerprint density at radius 2 is 1.83 bits per heavy atom. The molecule has 0 saturated heterocycles. The van der Waals surface area contributed by atoms with E-state index in [2.05, 4.69) is 66.7 Å². The maximum atomic E-state index is 5.58. The van der Waals surface area contributed by atoms with E-state index >= 15 is 0 Å². The zero-order valence-electron chi connectivity index (χ0n) is 14.9. The number of nitrogens with zero attached hydrogens (tertiary/aromatic N) is 3. The van der Waals surface area contributed by atoms with E-state index in [9.17, 15) is 0 Å². The minimum absolute atomic E-state index is 0.110. The number of hydrogen-bond acceptors (Lipinski definition) is 4. The molecule has 0 saturated carbocycles. The quantitative estimate of drug-likeness (QED) is 0.772. The Morgan fingerprint density at radius 1 is 1.12 bits per heavy atom. The van der Waals surface area contributed by atoms with Gasteiger partial charge in [0, 0.05) is 12.1 Å². The predicted molar refractivity (Wildman–Crippen MR) is 94.3 cm³/mol. The van der Waals surface area contributed by atoms with Crippen molar-refractivity contribution in [3.8, 4) is 5.69 Å². The van der Waals surface area contributed by atoms with Crippen molar-refractivity contribution in [2.75, 3.05) is 0 Å². The molecular formula is C19H24N4O. The van der Waals surface area contributed by atoms with E-state index in [0.717, 1.165) is 35.1 Å². The lowest BCUT2D eigenvalue weighted by Gasteiger charge is -2.12. The van der Waals surface area contributed by atoms with Crippen LogP contribution in [0.4, 0.5) is 0 Å². The second kappa shape index (κ2) is 6.61. The van der Waals surface area contributed by atoms with E-state index in [0.29, 0.717) is 0 Å². The summed E-state index contributed by atoms with van der Waals surface area (Å²) in [5, 5.41) is 12.2. The van der Waals surface area contributed by atoms with Crippen LogP contribution >= 0.6 is 0 Å². The SMILES string of the molecule is Cc1ccc(-n2nnc(C(C)NCc3cc(C)oc3C)c2C)cc1. The average molecular weight is 324 g/mol. The van der Waals surface area contributed by atoms with Gasteiger partial charge >= 0.3 is 0 Å². The third-order valence-corrected chi connectivity index (χ3v) is 4.36. The van der Waals surface area contributed by atoms with Crippen LogP contribution in [0.15, 0.2) is 34.7 Å². The first-order chi connectivity index (χ1) is 11.5. The van der Waals surface area contributed by atoms with Crippen molar-refractivity contribution in [2.45, 2.75) is 47.2 Å². The summed E-state index contributed by atoms with van der Waals surface area (Å²) in [5.74, 6) is 1.91. The second-order valence-corrected chi connectivity index (χ2v) is 6.35. The van der Waals surface area contributed by atoms with Crippen LogP contribution in [0.2, 0.25) is 0 Å². The van der Waals surface area contributed by atoms with Gasteiger partial charge in [-0.05, 0) is 52.8 Å². The lowest BCUT2D eigenvalue weighted by atomic mass is 10.1. The van der Waals surface area contributed by atoms with E-state index in [-0.39, 0.29) is 6.04 Å². The minimum atomic E-state index is 0.110. The Bertz CT molecular complexity index is 830. The number of hydrogen-bond donors (Lipinski definition) is 1. The summed E-state index contributed by atoms with van der Waals surface area (Å²) in [4.78, 5) is 0. The maximum Gasteiger partial charge on any atom is 0.105 e. The molecule has 1 atom stereocenters. The highest BCUT2D eigenvalue weighted by Gasteiger charge is 2.16. The van der Waals surface area contributed by atoms with Crippen LogP contribution < -0.4 is 5.32 Å². The van der Waals surface area contributed by atoms with Gasteiger partial charge in [0.15, 0.2) is 0 Å². The van der Waals surface area contributed by atoms with Gasteiger partial charge in [0.05, 0.1) is 17.4 Å². The minimum Gasteiger partial charge on any atom is -0.466 e. The van der Waals surface area contributed by atoms with Crippen LogP contribution in [0.5, 0.6) is 0 Å². The van der Waals surface area contributed by atoms with Crippen LogP contribution in [0.1, 0.15) is 47.0 Å². The highest BCUT2D eigenvalue weighted by Crippen LogP contribution is 2.20. The molecule has 0 radical (unpaired) electrons. The first-order valence-electron chi connectivity index (χ1n) is 8.24. The number of furan rings is 1. The van der Waals surface area contributed by atoms with Gasteiger partial charge in [-0.2, -0.15) is 0 Å². The fourth-order valence-corrected chi connectivity index (χ4v) is 2.89. The van der Waals surface area contributed by atoms with E-state index < -0.39 is 0 Å². The summed E-state index contributed by atoms with van der Waals surface area (Å²) in [6.45, 7) is 11.0. The Morgan fingerprint density at radius 3 is 2.46 bits per heavy atom. The zero-order valence-corrected chi connectivity index (χ0v) is 14.9. The summed E-state index contributed by atoms with van der Waals surface area (Å²) < 4.78 is 7.46. The highest BCUT2D eigenvalue weighted by molar-refractivity contribution is 5.35. The number of nitrogens with one attached hydrogen (secondary N) is 1. The summed E-state index contributed by atoms with van der Waals surface area (Å²) >= 11 is 0. The number of aryl methyl sites for hydroxylation is 3. The average Bonchev–Trinajstić information content (AvgIpc) is 3.08. The van der Waals surface area contributed by atoms with Gasteiger partial charge in [-0.15, -0.1) is 5.10 Å². The summed E-state index contributed by atoms with van der Waals surface area (Å²) in [6.07, 6.45) is 0. The van der Waals surface area contributed by atoms with Crippen molar-refractivity contribution >= 4 is 0 Å². The molecule has 0 amide bonds. The Balaban J connectivity index is 1.75. The van der Waals surface area contributed by atoms with Crippen LogP contribution in [-0.2, 0) is 6.54 Å². The second-order valence-electron chi connectivity index (χ2n) is 6.35. The third-order valence-electron chi connectivity index (χ3n) is 4.36. The molecule has 24 heavy (non-hydrogen) atoms. The summed E-state index contributed by atoms with van der Waals surface area (Å²) in [5.41, 5.74) is 5.47. The molecular weight excluding hydrogens is 300 g/mol. The van der Waals surface area contributed by atoms with Gasteiger partial charge in [-0.25, -0.2) is 4.68 Å². The fourth-order valence-electron chi connectivity index (χ4n) is 2.89.